The third-order valence-electron chi connectivity index (χ3n) is 2.47. The van der Waals surface area contributed by atoms with Crippen LogP contribution in [0.1, 0.15) is 18.4 Å². The van der Waals surface area contributed by atoms with Gasteiger partial charge >= 0.3 is 0 Å². The molecule has 0 radical (unpaired) electrons. The molecule has 1 rings (SSSR count). The largest absolute Gasteiger partial charge is 0.245 e. The van der Waals surface area contributed by atoms with Gasteiger partial charge in [-0.3, -0.25) is 0 Å². The van der Waals surface area contributed by atoms with Crippen LogP contribution >= 0.6 is 42.1 Å². The van der Waals surface area contributed by atoms with Gasteiger partial charge in [0, 0.05) is 32.6 Å². The van der Waals surface area contributed by atoms with Crippen LogP contribution in [0.15, 0.2) is 29.2 Å². The van der Waals surface area contributed by atoms with Crippen LogP contribution in [0.5, 0.6) is 0 Å². The molecule has 0 aromatic heterocycles. The Morgan fingerprint density at radius 3 is 2.44 bits per heavy atom. The number of thioether (sulfide) groups is 1. The van der Waals surface area contributed by atoms with E-state index in [1.807, 2.05) is 0 Å². The molecular formula is C12H18INS2. The molecule has 4 heteroatoms. The summed E-state index contributed by atoms with van der Waals surface area (Å²) in [7, 11) is 3.92. The molecule has 0 aliphatic rings. The van der Waals surface area contributed by atoms with Crippen LogP contribution in [0.2, 0.25) is 0 Å². The number of benzene rings is 1. The lowest BCUT2D eigenvalue weighted by Gasteiger charge is -2.10. The zero-order valence-electron chi connectivity index (χ0n) is 9.78. The average Bonchev–Trinajstić information content (AvgIpc) is 2.35. The zero-order valence-corrected chi connectivity index (χ0v) is 13.6. The van der Waals surface area contributed by atoms with E-state index in [1.165, 1.54) is 36.3 Å². The van der Waals surface area contributed by atoms with Gasteiger partial charge in [-0.25, -0.2) is 4.31 Å². The minimum Gasteiger partial charge on any atom is -0.245 e. The predicted octanol–water partition coefficient (Wildman–Crippen LogP) is 4.66. The van der Waals surface area contributed by atoms with Gasteiger partial charge in [0.1, 0.15) is 0 Å². The normalized spacial score (nSPS) is 11.0. The summed E-state index contributed by atoms with van der Waals surface area (Å²) in [5.74, 6) is 0. The van der Waals surface area contributed by atoms with Crippen molar-refractivity contribution in [3.8, 4) is 0 Å². The first-order valence-corrected chi connectivity index (χ1v) is 9.93. The van der Waals surface area contributed by atoms with Crippen molar-refractivity contribution in [2.45, 2.75) is 24.2 Å². The van der Waals surface area contributed by atoms with Crippen LogP contribution in [-0.2, 0) is 6.42 Å². The van der Waals surface area contributed by atoms with Crippen molar-refractivity contribution in [2.24, 2.45) is 0 Å². The van der Waals surface area contributed by atoms with E-state index in [1.54, 1.807) is 20.9 Å². The molecule has 0 N–H and O–H groups in total. The van der Waals surface area contributed by atoms with Gasteiger partial charge in [-0.15, -0.1) is 11.8 Å². The second-order valence-corrected chi connectivity index (χ2v) is 6.55. The monoisotopic (exact) mass is 367 g/mol. The Morgan fingerprint density at radius 1 is 1.19 bits per heavy atom. The van der Waals surface area contributed by atoms with Crippen molar-refractivity contribution in [3.63, 3.8) is 0 Å². The van der Waals surface area contributed by atoms with Gasteiger partial charge in [-0.05, 0) is 59.4 Å². The highest BCUT2D eigenvalue weighted by atomic mass is 127. The molecule has 1 aromatic rings. The first-order valence-electron chi connectivity index (χ1n) is 5.39. The molecule has 16 heavy (non-hydrogen) atoms. The van der Waals surface area contributed by atoms with Crippen molar-refractivity contribution in [3.05, 3.63) is 29.8 Å². The number of rotatable bonds is 7. The van der Waals surface area contributed by atoms with Crippen molar-refractivity contribution >= 4 is 42.1 Å². The highest BCUT2D eigenvalue weighted by Crippen LogP contribution is 2.18. The molecule has 0 amide bonds. The van der Waals surface area contributed by atoms with Crippen LogP contribution in [0.4, 0.5) is 0 Å². The fraction of sp³-hybridized carbons (Fsp3) is 0.500. The fourth-order valence-electron chi connectivity index (χ4n) is 1.49. The molecule has 1 aromatic carbocycles. The standard InChI is InChI=1S/C12H18INS2/c1-14(16-13)10-4-3-5-11-6-8-12(15-2)9-7-11/h6-9H,3-5,10H2,1-2H3. The van der Waals surface area contributed by atoms with Gasteiger partial charge in [0.15, 0.2) is 0 Å². The van der Waals surface area contributed by atoms with E-state index in [9.17, 15) is 0 Å². The Morgan fingerprint density at radius 2 is 1.88 bits per heavy atom. The first kappa shape index (κ1) is 14.7. The molecule has 0 saturated carbocycles. The Balaban J connectivity index is 2.21. The van der Waals surface area contributed by atoms with Crippen LogP contribution < -0.4 is 0 Å². The third kappa shape index (κ3) is 5.80. The predicted molar refractivity (Wildman–Crippen MR) is 85.4 cm³/mol. The lowest BCUT2D eigenvalue weighted by molar-refractivity contribution is 0.532. The number of hydrogen-bond donors (Lipinski definition) is 0. The number of nitrogens with zero attached hydrogens (tertiary/aromatic N) is 1. The van der Waals surface area contributed by atoms with E-state index in [0.717, 1.165) is 0 Å². The molecule has 0 heterocycles. The summed E-state index contributed by atoms with van der Waals surface area (Å²) in [6.45, 7) is 1.18. The van der Waals surface area contributed by atoms with E-state index in [2.05, 4.69) is 63.1 Å². The summed E-state index contributed by atoms with van der Waals surface area (Å²) in [4.78, 5) is 1.35. The molecule has 90 valence electrons. The highest BCUT2D eigenvalue weighted by molar-refractivity contribution is 14.2. The van der Waals surface area contributed by atoms with E-state index < -0.39 is 0 Å². The molecular weight excluding hydrogens is 349 g/mol. The van der Waals surface area contributed by atoms with Gasteiger partial charge < -0.3 is 0 Å². The molecule has 0 unspecified atom stereocenters. The van der Waals surface area contributed by atoms with Crippen LogP contribution in [0, 0.1) is 0 Å². The summed E-state index contributed by atoms with van der Waals surface area (Å²) in [5, 5.41) is 0. The maximum Gasteiger partial charge on any atom is 0.0146 e. The summed E-state index contributed by atoms with van der Waals surface area (Å²) in [6.07, 6.45) is 5.87. The highest BCUT2D eigenvalue weighted by Gasteiger charge is 1.97. The quantitative estimate of drug-likeness (QED) is 0.299. The minimum absolute atomic E-state index is 1.18. The van der Waals surface area contributed by atoms with Crippen LogP contribution in [0.3, 0.4) is 0 Å². The third-order valence-corrected chi connectivity index (χ3v) is 5.64. The summed E-state index contributed by atoms with van der Waals surface area (Å²) in [6, 6.07) is 8.94. The van der Waals surface area contributed by atoms with E-state index in [4.69, 9.17) is 0 Å². The summed E-state index contributed by atoms with van der Waals surface area (Å²) in [5.41, 5.74) is 1.46. The van der Waals surface area contributed by atoms with E-state index in [0.29, 0.717) is 0 Å². The SMILES string of the molecule is CSc1ccc(CCCCN(C)SI)cc1. The number of halogens is 1. The molecule has 0 fully saturated rings. The number of hydrogen-bond acceptors (Lipinski definition) is 3. The molecule has 0 aliphatic heterocycles. The smallest absolute Gasteiger partial charge is 0.0146 e. The molecule has 0 spiro atoms. The van der Waals surface area contributed by atoms with E-state index >= 15 is 0 Å². The Hall–Kier alpha value is 0.610. The molecule has 0 aliphatic carbocycles. The van der Waals surface area contributed by atoms with E-state index in [-0.39, 0.29) is 0 Å². The average molecular weight is 367 g/mol. The first-order chi connectivity index (χ1) is 7.76. The van der Waals surface area contributed by atoms with Crippen LogP contribution in [-0.4, -0.2) is 24.2 Å². The second-order valence-electron chi connectivity index (χ2n) is 3.73. The zero-order chi connectivity index (χ0) is 11.8. The Labute approximate surface area is 119 Å². The molecule has 1 nitrogen and oxygen atoms in total. The Bertz CT molecular complexity index is 290. The van der Waals surface area contributed by atoms with Gasteiger partial charge in [0.05, 0.1) is 0 Å². The molecule has 0 atom stereocenters. The lowest BCUT2D eigenvalue weighted by Crippen LogP contribution is -2.08. The van der Waals surface area contributed by atoms with Crippen LogP contribution in [0.25, 0.3) is 0 Å². The maximum atomic E-state index is 2.32. The topological polar surface area (TPSA) is 3.24 Å². The van der Waals surface area contributed by atoms with Crippen molar-refractivity contribution in [1.29, 1.82) is 0 Å². The lowest BCUT2D eigenvalue weighted by atomic mass is 10.1. The molecule has 0 bridgehead atoms. The molecule has 0 saturated heterocycles. The summed E-state index contributed by atoms with van der Waals surface area (Å²) >= 11 is 4.13. The van der Waals surface area contributed by atoms with Gasteiger partial charge in [0.25, 0.3) is 0 Å². The van der Waals surface area contributed by atoms with Crippen molar-refractivity contribution < 1.29 is 0 Å². The van der Waals surface area contributed by atoms with Crippen molar-refractivity contribution in [2.75, 3.05) is 19.8 Å². The van der Waals surface area contributed by atoms with Gasteiger partial charge in [-0.1, -0.05) is 12.1 Å². The summed E-state index contributed by atoms with van der Waals surface area (Å²) < 4.78 is 2.28. The number of aryl methyl sites for hydroxylation is 1. The maximum absolute atomic E-state index is 2.32. The van der Waals surface area contributed by atoms with Gasteiger partial charge in [0.2, 0.25) is 0 Å². The Kier molecular flexibility index (Phi) is 7.94. The minimum atomic E-state index is 1.18. The van der Waals surface area contributed by atoms with Crippen molar-refractivity contribution in [1.82, 2.24) is 4.31 Å². The number of unbranched alkanes of at least 4 members (excludes halogenated alkanes) is 1. The fourth-order valence-corrected chi connectivity index (χ4v) is 2.69. The second kappa shape index (κ2) is 8.66. The van der Waals surface area contributed by atoms with Gasteiger partial charge in [-0.2, -0.15) is 0 Å².